The van der Waals surface area contributed by atoms with Gasteiger partial charge in [0.05, 0.1) is 12.7 Å². The van der Waals surface area contributed by atoms with Crippen LogP contribution >= 0.6 is 0 Å². The minimum absolute atomic E-state index is 0.0806. The molecule has 0 saturated heterocycles. The summed E-state index contributed by atoms with van der Waals surface area (Å²) in [6, 6.07) is 23.1. The Kier molecular flexibility index (Phi) is 8.99. The fraction of sp³-hybridized carbons (Fsp3) is 0.323. The van der Waals surface area contributed by atoms with Gasteiger partial charge in [0.25, 0.3) is 0 Å². The van der Waals surface area contributed by atoms with E-state index in [4.69, 9.17) is 9.47 Å². The van der Waals surface area contributed by atoms with Crippen LogP contribution in [0.15, 0.2) is 78.9 Å². The van der Waals surface area contributed by atoms with Crippen molar-refractivity contribution in [3.05, 3.63) is 95.6 Å². The molecule has 3 N–H and O–H groups in total. The lowest BCUT2D eigenvalue weighted by molar-refractivity contribution is -0.144. The normalized spacial score (nSPS) is 14.6. The topological polar surface area (TPSA) is 114 Å². The van der Waals surface area contributed by atoms with Gasteiger partial charge in [-0.25, -0.2) is 9.59 Å². The summed E-state index contributed by atoms with van der Waals surface area (Å²) in [6.07, 6.45) is -1.56. The molecule has 3 atom stereocenters. The molecule has 0 aliphatic heterocycles. The molecule has 1 aliphatic carbocycles. The Morgan fingerprint density at radius 1 is 0.795 bits per heavy atom. The number of benzene rings is 3. The molecule has 3 aromatic carbocycles. The number of ether oxygens (including phenoxy) is 2. The zero-order valence-corrected chi connectivity index (χ0v) is 22.3. The summed E-state index contributed by atoms with van der Waals surface area (Å²) in [5.41, 5.74) is 5.25. The number of hydrogen-bond donors (Lipinski definition) is 3. The average molecular weight is 531 g/mol. The van der Waals surface area contributed by atoms with Crippen molar-refractivity contribution in [2.75, 3.05) is 6.61 Å². The van der Waals surface area contributed by atoms with Crippen molar-refractivity contribution in [1.29, 1.82) is 0 Å². The predicted octanol–water partition coefficient (Wildman–Crippen LogP) is 4.72. The third-order valence-corrected chi connectivity index (χ3v) is 6.96. The Morgan fingerprint density at radius 3 is 1.92 bits per heavy atom. The molecule has 4 rings (SSSR count). The molecular formula is C31H34N2O6. The molecule has 0 unspecified atom stereocenters. The summed E-state index contributed by atoms with van der Waals surface area (Å²) < 4.78 is 11.5. The molecular weight excluding hydrogens is 496 g/mol. The number of carboxylic acid groups (broad SMARTS) is 1. The van der Waals surface area contributed by atoms with Crippen LogP contribution < -0.4 is 10.6 Å². The number of fused-ring (bicyclic) bond motifs is 3. The number of carbonyl (C=O) groups is 3. The van der Waals surface area contributed by atoms with E-state index in [0.29, 0.717) is 0 Å². The van der Waals surface area contributed by atoms with Gasteiger partial charge in [-0.1, -0.05) is 92.7 Å². The van der Waals surface area contributed by atoms with E-state index in [9.17, 15) is 19.5 Å². The van der Waals surface area contributed by atoms with Crippen LogP contribution in [0.4, 0.5) is 4.79 Å². The molecule has 8 heteroatoms. The van der Waals surface area contributed by atoms with Crippen molar-refractivity contribution < 1.29 is 29.0 Å². The summed E-state index contributed by atoms with van der Waals surface area (Å²) in [7, 11) is 0. The van der Waals surface area contributed by atoms with Crippen LogP contribution in [0, 0.1) is 5.92 Å². The lowest BCUT2D eigenvalue weighted by atomic mass is 9.98. The number of nitrogens with one attached hydrogen (secondary N) is 2. The van der Waals surface area contributed by atoms with E-state index >= 15 is 0 Å². The first kappa shape index (κ1) is 27.9. The molecule has 0 bridgehead atoms. The number of rotatable bonds is 11. The van der Waals surface area contributed by atoms with E-state index in [1.165, 1.54) is 0 Å². The van der Waals surface area contributed by atoms with E-state index in [0.717, 1.165) is 27.8 Å². The van der Waals surface area contributed by atoms with Crippen LogP contribution in [0.5, 0.6) is 0 Å². The van der Waals surface area contributed by atoms with E-state index in [2.05, 4.69) is 10.6 Å². The minimum atomic E-state index is -1.18. The summed E-state index contributed by atoms with van der Waals surface area (Å²) in [4.78, 5) is 37.9. The van der Waals surface area contributed by atoms with Gasteiger partial charge in [-0.2, -0.15) is 0 Å². The lowest BCUT2D eigenvalue weighted by Gasteiger charge is -2.27. The standard InChI is InChI=1S/C31H34N2O6/c1-19(2)27(30(35)36)32-29(34)28(20(3)38-17-21-11-5-4-6-12-21)33-31(37)39-18-26-24-15-9-7-13-22(24)23-14-8-10-16-25(23)26/h4-16,19-20,26-28H,17-18H2,1-3H3,(H,32,34)(H,33,37)(H,35,36)/t20-,27-,28+/m0/s1. The van der Waals surface area contributed by atoms with Gasteiger partial charge in [0.15, 0.2) is 0 Å². The lowest BCUT2D eigenvalue weighted by Crippen LogP contribution is -2.57. The highest BCUT2D eigenvalue weighted by Crippen LogP contribution is 2.44. The van der Waals surface area contributed by atoms with Gasteiger partial charge >= 0.3 is 12.1 Å². The Labute approximate surface area is 228 Å². The van der Waals surface area contributed by atoms with Crippen LogP contribution in [0.25, 0.3) is 11.1 Å². The molecule has 0 aromatic heterocycles. The summed E-state index contributed by atoms with van der Waals surface area (Å²) >= 11 is 0. The van der Waals surface area contributed by atoms with Crippen molar-refractivity contribution in [3.63, 3.8) is 0 Å². The van der Waals surface area contributed by atoms with Crippen molar-refractivity contribution in [3.8, 4) is 11.1 Å². The first-order valence-electron chi connectivity index (χ1n) is 13.1. The van der Waals surface area contributed by atoms with Crippen LogP contribution in [-0.4, -0.2) is 47.9 Å². The van der Waals surface area contributed by atoms with Crippen molar-refractivity contribution >= 4 is 18.0 Å². The zero-order valence-electron chi connectivity index (χ0n) is 22.3. The van der Waals surface area contributed by atoms with Gasteiger partial charge in [-0.15, -0.1) is 0 Å². The van der Waals surface area contributed by atoms with Crippen LogP contribution in [0.3, 0.4) is 0 Å². The summed E-state index contributed by atoms with van der Waals surface area (Å²) in [6.45, 7) is 5.34. The first-order chi connectivity index (χ1) is 18.8. The highest BCUT2D eigenvalue weighted by Gasteiger charge is 2.34. The highest BCUT2D eigenvalue weighted by molar-refractivity contribution is 5.90. The fourth-order valence-electron chi connectivity index (χ4n) is 4.82. The quantitative estimate of drug-likeness (QED) is 0.331. The van der Waals surface area contributed by atoms with Gasteiger partial charge in [0.2, 0.25) is 5.91 Å². The zero-order chi connectivity index (χ0) is 27.9. The Morgan fingerprint density at radius 2 is 1.36 bits per heavy atom. The van der Waals surface area contributed by atoms with Crippen LogP contribution in [0.1, 0.15) is 43.4 Å². The SMILES string of the molecule is CC(C)[C@H](NC(=O)[C@H](NC(=O)OCC1c2ccccc2-c2ccccc21)[C@H](C)OCc1ccccc1)C(=O)O. The number of hydrogen-bond acceptors (Lipinski definition) is 5. The number of alkyl carbamates (subject to hydrolysis) is 1. The third-order valence-electron chi connectivity index (χ3n) is 6.96. The third kappa shape index (κ3) is 6.64. The smallest absolute Gasteiger partial charge is 0.407 e. The van der Waals surface area contributed by atoms with Crippen molar-refractivity contribution in [2.45, 2.75) is 51.5 Å². The summed E-state index contributed by atoms with van der Waals surface area (Å²) in [5.74, 6) is -2.32. The molecule has 0 spiro atoms. The molecule has 0 saturated carbocycles. The molecule has 8 nitrogen and oxygen atoms in total. The second-order valence-electron chi connectivity index (χ2n) is 10.0. The highest BCUT2D eigenvalue weighted by atomic mass is 16.5. The van der Waals surface area contributed by atoms with E-state index < -0.39 is 36.2 Å². The molecule has 0 heterocycles. The number of carbonyl (C=O) groups excluding carboxylic acids is 2. The molecule has 204 valence electrons. The Bertz CT molecular complexity index is 1260. The maximum Gasteiger partial charge on any atom is 0.407 e. The maximum absolute atomic E-state index is 13.2. The van der Waals surface area contributed by atoms with Gasteiger partial charge < -0.3 is 25.2 Å². The van der Waals surface area contributed by atoms with E-state index in [1.807, 2.05) is 78.9 Å². The second kappa shape index (κ2) is 12.6. The average Bonchev–Trinajstić information content (AvgIpc) is 3.26. The van der Waals surface area contributed by atoms with E-state index in [-0.39, 0.29) is 25.0 Å². The minimum Gasteiger partial charge on any atom is -0.480 e. The van der Waals surface area contributed by atoms with Crippen LogP contribution in [-0.2, 0) is 25.7 Å². The molecule has 0 fully saturated rings. The maximum atomic E-state index is 13.2. The van der Waals surface area contributed by atoms with Crippen LogP contribution in [0.2, 0.25) is 0 Å². The molecule has 2 amide bonds. The van der Waals surface area contributed by atoms with Gasteiger partial charge in [0.1, 0.15) is 18.7 Å². The first-order valence-corrected chi connectivity index (χ1v) is 13.1. The van der Waals surface area contributed by atoms with Crippen molar-refractivity contribution in [2.24, 2.45) is 5.92 Å². The number of carboxylic acids is 1. The molecule has 3 aromatic rings. The fourth-order valence-corrected chi connectivity index (χ4v) is 4.82. The van der Waals surface area contributed by atoms with Gasteiger partial charge in [-0.3, -0.25) is 4.79 Å². The second-order valence-corrected chi connectivity index (χ2v) is 10.0. The van der Waals surface area contributed by atoms with E-state index in [1.54, 1.807) is 20.8 Å². The monoisotopic (exact) mass is 530 g/mol. The Hall–Kier alpha value is -4.17. The van der Waals surface area contributed by atoms with Gasteiger partial charge in [-0.05, 0) is 40.7 Å². The molecule has 39 heavy (non-hydrogen) atoms. The number of aliphatic carboxylic acids is 1. The summed E-state index contributed by atoms with van der Waals surface area (Å²) in [5, 5.41) is 14.7. The van der Waals surface area contributed by atoms with Crippen molar-refractivity contribution in [1.82, 2.24) is 10.6 Å². The van der Waals surface area contributed by atoms with Gasteiger partial charge in [0, 0.05) is 5.92 Å². The molecule has 0 radical (unpaired) electrons. The largest absolute Gasteiger partial charge is 0.480 e. The number of amides is 2. The predicted molar refractivity (Wildman–Crippen MR) is 147 cm³/mol. The Balaban J connectivity index is 1.46. The molecule has 1 aliphatic rings.